The number of hydrogen-bond donors (Lipinski definition) is 2. The first-order valence-electron chi connectivity index (χ1n) is 12.4. The third kappa shape index (κ3) is 8.09. The minimum absolute atomic E-state index is 0.0355. The molecule has 0 spiro atoms. The van der Waals surface area contributed by atoms with Gasteiger partial charge in [0.1, 0.15) is 0 Å². The average molecular weight is 474 g/mol. The van der Waals surface area contributed by atoms with Crippen molar-refractivity contribution in [2.45, 2.75) is 54.5 Å². The van der Waals surface area contributed by atoms with Crippen molar-refractivity contribution in [3.05, 3.63) is 45.2 Å². The Bertz CT molecular complexity index is 950. The molecule has 0 aliphatic rings. The number of aromatic amines is 1. The van der Waals surface area contributed by atoms with Gasteiger partial charge in [-0.2, -0.15) is 0 Å². The van der Waals surface area contributed by atoms with E-state index < -0.39 is 0 Å². The molecule has 0 atom stereocenters. The van der Waals surface area contributed by atoms with Gasteiger partial charge in [-0.1, -0.05) is 39.3 Å². The highest BCUT2D eigenvalue weighted by molar-refractivity contribution is 7.80. The highest BCUT2D eigenvalue weighted by Crippen LogP contribution is 2.18. The minimum atomic E-state index is -0.0355. The average Bonchev–Trinajstić information content (AvgIpc) is 2.79. The SMILES string of the molecule is CCN(CC)CCCNC(=S)N(CCN(CC)CC)Cc1cc2cc(C)cc(C)c2[nH]c1=O. The molecule has 0 unspecified atom stereocenters. The van der Waals surface area contributed by atoms with Crippen molar-refractivity contribution in [3.8, 4) is 0 Å². The molecule has 0 saturated carbocycles. The standard InChI is InChI=1S/C26H43N5OS/c1-7-29(8-2)13-11-12-27-26(33)31(15-14-30(9-3)10-4)19-23-18-22-17-20(5)16-21(6)24(22)28-25(23)32/h16-18H,7-15,19H2,1-6H3,(H,27,33)(H,28,32). The molecular weight excluding hydrogens is 430 g/mol. The summed E-state index contributed by atoms with van der Waals surface area (Å²) in [6.07, 6.45) is 1.04. The molecule has 0 radical (unpaired) electrons. The maximum absolute atomic E-state index is 12.9. The zero-order chi connectivity index (χ0) is 24.4. The Morgan fingerprint density at radius 2 is 1.58 bits per heavy atom. The number of hydrogen-bond acceptors (Lipinski definition) is 4. The van der Waals surface area contributed by atoms with Crippen LogP contribution in [0, 0.1) is 13.8 Å². The maximum Gasteiger partial charge on any atom is 0.253 e. The molecule has 2 aromatic rings. The van der Waals surface area contributed by atoms with Gasteiger partial charge in [0.15, 0.2) is 5.11 Å². The molecular formula is C26H43N5OS. The number of fused-ring (bicyclic) bond motifs is 1. The quantitative estimate of drug-likeness (QED) is 0.340. The topological polar surface area (TPSA) is 54.6 Å². The van der Waals surface area contributed by atoms with Gasteiger partial charge in [-0.05, 0) is 88.3 Å². The van der Waals surface area contributed by atoms with E-state index in [1.807, 2.05) is 13.0 Å². The Kier molecular flexibility index (Phi) is 11.3. The maximum atomic E-state index is 12.9. The summed E-state index contributed by atoms with van der Waals surface area (Å²) in [6, 6.07) is 6.26. The van der Waals surface area contributed by atoms with Crippen LogP contribution in [0.15, 0.2) is 23.0 Å². The van der Waals surface area contributed by atoms with Gasteiger partial charge >= 0.3 is 0 Å². The Morgan fingerprint density at radius 3 is 2.21 bits per heavy atom. The van der Waals surface area contributed by atoms with Crippen LogP contribution in [-0.2, 0) is 6.54 Å². The van der Waals surface area contributed by atoms with Crippen molar-refractivity contribution in [2.75, 3.05) is 52.4 Å². The van der Waals surface area contributed by atoms with Gasteiger partial charge in [-0.25, -0.2) is 0 Å². The Morgan fingerprint density at radius 1 is 0.939 bits per heavy atom. The molecule has 0 amide bonds. The number of benzene rings is 1. The largest absolute Gasteiger partial charge is 0.363 e. The lowest BCUT2D eigenvalue weighted by Crippen LogP contribution is -2.44. The lowest BCUT2D eigenvalue weighted by molar-refractivity contribution is 0.262. The molecule has 1 heterocycles. The normalized spacial score (nSPS) is 11.5. The van der Waals surface area contributed by atoms with Crippen LogP contribution < -0.4 is 10.9 Å². The van der Waals surface area contributed by atoms with E-state index in [0.717, 1.165) is 85.9 Å². The molecule has 33 heavy (non-hydrogen) atoms. The number of thiocarbonyl (C=S) groups is 1. The van der Waals surface area contributed by atoms with Gasteiger partial charge in [-0.3, -0.25) is 4.79 Å². The lowest BCUT2D eigenvalue weighted by Gasteiger charge is -2.29. The molecule has 1 aromatic carbocycles. The summed E-state index contributed by atoms with van der Waals surface area (Å²) < 4.78 is 0. The Hall–Kier alpha value is -1.96. The van der Waals surface area contributed by atoms with E-state index in [9.17, 15) is 4.79 Å². The van der Waals surface area contributed by atoms with Crippen LogP contribution in [0.25, 0.3) is 10.9 Å². The second-order valence-electron chi connectivity index (χ2n) is 8.73. The van der Waals surface area contributed by atoms with Gasteiger partial charge < -0.3 is 25.0 Å². The van der Waals surface area contributed by atoms with Gasteiger partial charge in [0, 0.05) is 25.2 Å². The number of nitrogens with one attached hydrogen (secondary N) is 2. The third-order valence-electron chi connectivity index (χ3n) is 6.42. The molecule has 184 valence electrons. The Labute approximate surface area is 205 Å². The van der Waals surface area contributed by atoms with E-state index in [4.69, 9.17) is 12.2 Å². The zero-order valence-corrected chi connectivity index (χ0v) is 22.3. The molecule has 7 heteroatoms. The number of H-pyrrole nitrogens is 1. The number of rotatable bonds is 13. The molecule has 6 nitrogen and oxygen atoms in total. The number of aryl methyl sites for hydroxylation is 2. The second kappa shape index (κ2) is 13.7. The van der Waals surface area contributed by atoms with E-state index in [-0.39, 0.29) is 5.56 Å². The third-order valence-corrected chi connectivity index (χ3v) is 6.82. The smallest absolute Gasteiger partial charge is 0.253 e. The summed E-state index contributed by atoms with van der Waals surface area (Å²) >= 11 is 5.79. The first-order chi connectivity index (χ1) is 15.8. The molecule has 0 saturated heterocycles. The van der Waals surface area contributed by atoms with E-state index in [1.54, 1.807) is 0 Å². The van der Waals surface area contributed by atoms with Crippen molar-refractivity contribution in [3.63, 3.8) is 0 Å². The van der Waals surface area contributed by atoms with Crippen molar-refractivity contribution >= 4 is 28.2 Å². The van der Waals surface area contributed by atoms with Crippen LogP contribution in [0.3, 0.4) is 0 Å². The summed E-state index contributed by atoms with van der Waals surface area (Å²) in [5, 5.41) is 5.24. The van der Waals surface area contributed by atoms with Gasteiger partial charge in [0.05, 0.1) is 12.1 Å². The summed E-state index contributed by atoms with van der Waals surface area (Å²) in [6.45, 7) is 21.1. The van der Waals surface area contributed by atoms with Crippen LogP contribution in [-0.4, -0.2) is 77.2 Å². The van der Waals surface area contributed by atoms with Crippen molar-refractivity contribution in [1.29, 1.82) is 0 Å². The van der Waals surface area contributed by atoms with Crippen LogP contribution in [0.5, 0.6) is 0 Å². The van der Waals surface area contributed by atoms with Crippen LogP contribution >= 0.6 is 12.2 Å². The molecule has 0 aliphatic carbocycles. The summed E-state index contributed by atoms with van der Waals surface area (Å²) in [5.74, 6) is 0. The van der Waals surface area contributed by atoms with Gasteiger partial charge in [0.2, 0.25) is 0 Å². The highest BCUT2D eigenvalue weighted by Gasteiger charge is 2.15. The van der Waals surface area contributed by atoms with Crippen LogP contribution in [0.1, 0.15) is 50.8 Å². The first kappa shape index (κ1) is 27.3. The fourth-order valence-corrected chi connectivity index (χ4v) is 4.52. The Balaban J connectivity index is 2.16. The number of nitrogens with zero attached hydrogens (tertiary/aromatic N) is 3. The van der Waals surface area contributed by atoms with Gasteiger partial charge in [0.25, 0.3) is 5.56 Å². The summed E-state index contributed by atoms with van der Waals surface area (Å²) in [4.78, 5) is 23.0. The zero-order valence-electron chi connectivity index (χ0n) is 21.5. The first-order valence-corrected chi connectivity index (χ1v) is 12.8. The number of pyridine rings is 1. The van der Waals surface area contributed by atoms with Crippen LogP contribution in [0.4, 0.5) is 0 Å². The van der Waals surface area contributed by atoms with Gasteiger partial charge in [-0.15, -0.1) is 0 Å². The molecule has 0 aliphatic heterocycles. The lowest BCUT2D eigenvalue weighted by atomic mass is 10.1. The second-order valence-corrected chi connectivity index (χ2v) is 9.12. The molecule has 2 rings (SSSR count). The molecule has 0 bridgehead atoms. The number of likely N-dealkylation sites (N-methyl/N-ethyl adjacent to an activating group) is 1. The summed E-state index contributed by atoms with van der Waals surface area (Å²) in [5.41, 5.74) is 3.92. The predicted molar refractivity (Wildman–Crippen MR) is 145 cm³/mol. The van der Waals surface area contributed by atoms with E-state index >= 15 is 0 Å². The van der Waals surface area contributed by atoms with Crippen molar-refractivity contribution in [1.82, 2.24) is 25.0 Å². The van der Waals surface area contributed by atoms with Crippen molar-refractivity contribution in [2.24, 2.45) is 0 Å². The fourth-order valence-electron chi connectivity index (χ4n) is 4.26. The fraction of sp³-hybridized carbons (Fsp3) is 0.615. The van der Waals surface area contributed by atoms with E-state index in [1.165, 1.54) is 5.56 Å². The highest BCUT2D eigenvalue weighted by atomic mass is 32.1. The molecule has 0 fully saturated rings. The monoisotopic (exact) mass is 473 g/mol. The molecule has 1 aromatic heterocycles. The minimum Gasteiger partial charge on any atom is -0.363 e. The number of aromatic nitrogens is 1. The van der Waals surface area contributed by atoms with Crippen molar-refractivity contribution < 1.29 is 0 Å². The predicted octanol–water partition coefficient (Wildman–Crippen LogP) is 3.90. The van der Waals surface area contributed by atoms with Crippen LogP contribution in [0.2, 0.25) is 0 Å². The molecule has 2 N–H and O–H groups in total. The summed E-state index contributed by atoms with van der Waals surface area (Å²) in [7, 11) is 0. The van der Waals surface area contributed by atoms with E-state index in [0.29, 0.717) is 6.54 Å². The van der Waals surface area contributed by atoms with E-state index in [2.05, 4.69) is 71.8 Å².